The predicted octanol–water partition coefficient (Wildman–Crippen LogP) is 0.303. The normalized spacial score (nSPS) is 19.5. The van der Waals surface area contributed by atoms with E-state index in [0.717, 1.165) is 9.87 Å². The van der Waals surface area contributed by atoms with Crippen molar-refractivity contribution in [3.8, 4) is 0 Å². The third-order valence-corrected chi connectivity index (χ3v) is 8.13. The molecular weight excluding hydrogens is 378 g/mol. The Balaban J connectivity index is 2.08. The van der Waals surface area contributed by atoms with E-state index in [4.69, 9.17) is 0 Å². The van der Waals surface area contributed by atoms with Crippen molar-refractivity contribution in [2.45, 2.75) is 24.3 Å². The number of nitrogens with one attached hydrogen (secondary N) is 1. The van der Waals surface area contributed by atoms with Gasteiger partial charge < -0.3 is 10.2 Å². The summed E-state index contributed by atoms with van der Waals surface area (Å²) in [5, 5.41) is 2.97. The van der Waals surface area contributed by atoms with E-state index in [2.05, 4.69) is 5.32 Å². The molecule has 1 amide bonds. The Bertz CT molecular complexity index is 894. The minimum absolute atomic E-state index is 0.00910. The van der Waals surface area contributed by atoms with Gasteiger partial charge in [-0.2, -0.15) is 0 Å². The van der Waals surface area contributed by atoms with Gasteiger partial charge in [-0.25, -0.2) is 21.1 Å². The number of likely N-dealkylation sites (N-methyl/N-ethyl adjacent to an activating group) is 1. The third-order valence-electron chi connectivity index (χ3n) is 4.57. The second kappa shape index (κ2) is 7.53. The van der Waals surface area contributed by atoms with Gasteiger partial charge in [0.2, 0.25) is 15.9 Å². The molecule has 1 aliphatic rings. The Hall–Kier alpha value is -1.65. The van der Waals surface area contributed by atoms with Crippen LogP contribution in [0.25, 0.3) is 0 Å². The smallest absolute Gasteiger partial charge is 0.242 e. The number of hydrogen-bond donors (Lipinski definition) is 1. The Labute approximate surface area is 155 Å². The maximum Gasteiger partial charge on any atom is 0.242 e. The molecule has 1 heterocycles. The van der Waals surface area contributed by atoms with Crippen LogP contribution in [-0.4, -0.2) is 77.2 Å². The van der Waals surface area contributed by atoms with Crippen molar-refractivity contribution < 1.29 is 21.6 Å². The Morgan fingerprint density at radius 2 is 1.92 bits per heavy atom. The van der Waals surface area contributed by atoms with Gasteiger partial charge in [0, 0.05) is 32.9 Å². The summed E-state index contributed by atoms with van der Waals surface area (Å²) in [5.41, 5.74) is 1.36. The lowest BCUT2D eigenvalue weighted by Gasteiger charge is -2.24. The van der Waals surface area contributed by atoms with Crippen molar-refractivity contribution in [3.05, 3.63) is 23.8 Å². The number of sulfone groups is 1. The highest BCUT2D eigenvalue weighted by molar-refractivity contribution is 7.91. The molecule has 1 fully saturated rings. The summed E-state index contributed by atoms with van der Waals surface area (Å²) in [4.78, 5) is 13.9. The largest absolute Gasteiger partial charge is 0.376 e. The zero-order valence-corrected chi connectivity index (χ0v) is 17.0. The summed E-state index contributed by atoms with van der Waals surface area (Å²) in [5.74, 6) is -0.149. The van der Waals surface area contributed by atoms with Crippen LogP contribution in [0.1, 0.15) is 12.0 Å². The van der Waals surface area contributed by atoms with E-state index in [0.29, 0.717) is 12.1 Å². The first kappa shape index (κ1) is 20.7. The van der Waals surface area contributed by atoms with Crippen LogP contribution in [0.2, 0.25) is 0 Å². The summed E-state index contributed by atoms with van der Waals surface area (Å²) < 4.78 is 48.7. The summed E-state index contributed by atoms with van der Waals surface area (Å²) >= 11 is 0. The quantitative estimate of drug-likeness (QED) is 0.733. The van der Waals surface area contributed by atoms with Crippen LogP contribution in [0.15, 0.2) is 23.1 Å². The number of carbonyl (C=O) groups is 1. The van der Waals surface area contributed by atoms with Gasteiger partial charge in [-0.15, -0.1) is 0 Å². The fourth-order valence-electron chi connectivity index (χ4n) is 2.74. The highest BCUT2D eigenvalue weighted by Crippen LogP contribution is 2.22. The molecule has 146 valence electrons. The molecule has 0 aromatic heterocycles. The average Bonchev–Trinajstić information content (AvgIpc) is 2.92. The molecular formula is C16H25N3O5S2. The predicted molar refractivity (Wildman–Crippen MR) is 100 cm³/mol. The van der Waals surface area contributed by atoms with E-state index in [1.54, 1.807) is 13.1 Å². The fraction of sp³-hybridized carbons (Fsp3) is 0.562. The molecule has 10 heteroatoms. The molecule has 8 nitrogen and oxygen atoms in total. The Morgan fingerprint density at radius 1 is 1.27 bits per heavy atom. The Morgan fingerprint density at radius 3 is 2.46 bits per heavy atom. The molecule has 0 aliphatic carbocycles. The van der Waals surface area contributed by atoms with Crippen LogP contribution >= 0.6 is 0 Å². The van der Waals surface area contributed by atoms with Gasteiger partial charge in [-0.1, -0.05) is 6.07 Å². The maximum absolute atomic E-state index is 12.4. The van der Waals surface area contributed by atoms with Gasteiger partial charge >= 0.3 is 0 Å². The molecule has 1 unspecified atom stereocenters. The van der Waals surface area contributed by atoms with Gasteiger partial charge in [-0.05, 0) is 31.0 Å². The molecule has 0 spiro atoms. The van der Waals surface area contributed by atoms with Crippen LogP contribution in [-0.2, 0) is 24.7 Å². The second-order valence-corrected chi connectivity index (χ2v) is 11.1. The zero-order valence-electron chi connectivity index (χ0n) is 15.4. The van der Waals surface area contributed by atoms with Crippen LogP contribution in [0.4, 0.5) is 5.69 Å². The SMILES string of the molecule is Cc1ccc(S(=O)(=O)N(C)C)cc1NCC(=O)N(C)C1CCS(=O)(=O)C1. The fourth-order valence-corrected chi connectivity index (χ4v) is 5.45. The molecule has 0 saturated carbocycles. The molecule has 0 radical (unpaired) electrons. The molecule has 1 aromatic rings. The summed E-state index contributed by atoms with van der Waals surface area (Å²) in [6, 6.07) is 4.39. The first-order chi connectivity index (χ1) is 11.9. The van der Waals surface area contributed by atoms with Crippen molar-refractivity contribution >= 4 is 31.5 Å². The van der Waals surface area contributed by atoms with Crippen molar-refractivity contribution in [2.24, 2.45) is 0 Å². The molecule has 26 heavy (non-hydrogen) atoms. The van der Waals surface area contributed by atoms with Gasteiger partial charge in [0.05, 0.1) is 22.9 Å². The van der Waals surface area contributed by atoms with Crippen LogP contribution in [0.3, 0.4) is 0 Å². The van der Waals surface area contributed by atoms with E-state index in [9.17, 15) is 21.6 Å². The lowest BCUT2D eigenvalue weighted by atomic mass is 10.2. The number of hydrogen-bond acceptors (Lipinski definition) is 6. The van der Waals surface area contributed by atoms with Gasteiger partial charge in [0.15, 0.2) is 9.84 Å². The van der Waals surface area contributed by atoms with E-state index in [1.807, 2.05) is 6.92 Å². The van der Waals surface area contributed by atoms with Gasteiger partial charge in [0.25, 0.3) is 0 Å². The number of rotatable bonds is 6. The number of nitrogens with zero attached hydrogens (tertiary/aromatic N) is 2. The summed E-state index contributed by atoms with van der Waals surface area (Å²) in [6.45, 7) is 1.77. The number of carbonyl (C=O) groups excluding carboxylic acids is 1. The zero-order chi connectivity index (χ0) is 19.7. The molecule has 1 aliphatic heterocycles. The number of amides is 1. The van der Waals surface area contributed by atoms with Gasteiger partial charge in [0.1, 0.15) is 0 Å². The number of benzene rings is 1. The number of anilines is 1. The second-order valence-electron chi connectivity index (χ2n) is 6.68. The van der Waals surface area contributed by atoms with E-state index >= 15 is 0 Å². The van der Waals surface area contributed by atoms with Crippen LogP contribution in [0.5, 0.6) is 0 Å². The Kier molecular flexibility index (Phi) is 5.99. The molecule has 2 rings (SSSR count). The highest BCUT2D eigenvalue weighted by Gasteiger charge is 2.32. The molecule has 1 saturated heterocycles. The van der Waals surface area contributed by atoms with Crippen LogP contribution < -0.4 is 5.32 Å². The first-order valence-electron chi connectivity index (χ1n) is 8.17. The lowest BCUT2D eigenvalue weighted by molar-refractivity contribution is -0.129. The monoisotopic (exact) mass is 403 g/mol. The van der Waals surface area contributed by atoms with Crippen molar-refractivity contribution in [3.63, 3.8) is 0 Å². The third kappa shape index (κ3) is 4.54. The first-order valence-corrected chi connectivity index (χ1v) is 11.4. The van der Waals surface area contributed by atoms with Crippen molar-refractivity contribution in [1.82, 2.24) is 9.21 Å². The summed E-state index contributed by atoms with van der Waals surface area (Å²) in [7, 11) is -2.13. The highest BCUT2D eigenvalue weighted by atomic mass is 32.2. The minimum atomic E-state index is -3.57. The molecule has 0 bridgehead atoms. The van der Waals surface area contributed by atoms with Crippen LogP contribution in [0, 0.1) is 6.92 Å². The molecule has 1 aromatic carbocycles. The van der Waals surface area contributed by atoms with Crippen molar-refractivity contribution in [2.75, 3.05) is 44.5 Å². The van der Waals surface area contributed by atoms with Gasteiger partial charge in [-0.3, -0.25) is 4.79 Å². The minimum Gasteiger partial charge on any atom is -0.376 e. The van der Waals surface area contributed by atoms with E-state index in [1.165, 1.54) is 31.1 Å². The number of aryl methyl sites for hydroxylation is 1. The van der Waals surface area contributed by atoms with Crippen molar-refractivity contribution in [1.29, 1.82) is 0 Å². The summed E-state index contributed by atoms with van der Waals surface area (Å²) in [6.07, 6.45) is 0.445. The average molecular weight is 404 g/mol. The topological polar surface area (TPSA) is 104 Å². The number of sulfonamides is 1. The lowest BCUT2D eigenvalue weighted by Crippen LogP contribution is -2.41. The standard InChI is InChI=1S/C16H25N3O5S2/c1-12-5-6-14(26(23,24)18(2)3)9-15(12)17-10-16(20)19(4)13-7-8-25(21,22)11-13/h5-6,9,13,17H,7-8,10-11H2,1-4H3. The molecule has 1 N–H and O–H groups in total. The van der Waals surface area contributed by atoms with E-state index in [-0.39, 0.29) is 34.9 Å². The molecule has 1 atom stereocenters. The maximum atomic E-state index is 12.4. The van der Waals surface area contributed by atoms with E-state index < -0.39 is 19.9 Å².